The van der Waals surface area contributed by atoms with Crippen molar-refractivity contribution in [1.82, 2.24) is 9.80 Å². The van der Waals surface area contributed by atoms with Gasteiger partial charge in [-0.25, -0.2) is 0 Å². The van der Waals surface area contributed by atoms with Gasteiger partial charge in [0.15, 0.2) is 0 Å². The van der Waals surface area contributed by atoms with Crippen LogP contribution in [0, 0.1) is 0 Å². The van der Waals surface area contributed by atoms with Gasteiger partial charge in [-0.3, -0.25) is 9.69 Å². The smallest absolute Gasteiger partial charge is 0.253 e. The molecule has 1 amide bonds. The molecular formula is C22H28N2O3. The molecule has 0 radical (unpaired) electrons. The number of hydrogen-bond acceptors (Lipinski definition) is 4. The normalized spacial score (nSPS) is 13.9. The van der Waals surface area contributed by atoms with Crippen LogP contribution in [0.5, 0.6) is 11.5 Å². The maximum atomic E-state index is 12.4. The Morgan fingerprint density at radius 1 is 1.00 bits per heavy atom. The zero-order valence-corrected chi connectivity index (χ0v) is 16.4. The van der Waals surface area contributed by atoms with Gasteiger partial charge in [0.25, 0.3) is 5.91 Å². The number of nitrogens with zero attached hydrogens (tertiary/aromatic N) is 2. The average Bonchev–Trinajstić information content (AvgIpc) is 3.23. The fourth-order valence-corrected chi connectivity index (χ4v) is 3.50. The van der Waals surface area contributed by atoms with E-state index in [4.69, 9.17) is 9.47 Å². The maximum absolute atomic E-state index is 12.4. The molecule has 0 N–H and O–H groups in total. The first-order valence-electron chi connectivity index (χ1n) is 9.38. The molecule has 0 spiro atoms. The van der Waals surface area contributed by atoms with Crippen molar-refractivity contribution in [2.75, 3.05) is 34.4 Å². The van der Waals surface area contributed by atoms with E-state index in [9.17, 15) is 4.79 Å². The summed E-state index contributed by atoms with van der Waals surface area (Å²) in [6.45, 7) is 3.33. The van der Waals surface area contributed by atoms with Crippen molar-refractivity contribution >= 4 is 5.91 Å². The van der Waals surface area contributed by atoms with Crippen LogP contribution in [0.3, 0.4) is 0 Å². The summed E-state index contributed by atoms with van der Waals surface area (Å²) in [6.07, 6.45) is 2.23. The number of rotatable bonds is 7. The third-order valence-corrected chi connectivity index (χ3v) is 4.98. The van der Waals surface area contributed by atoms with Gasteiger partial charge in [0.2, 0.25) is 0 Å². The number of amides is 1. The minimum absolute atomic E-state index is 0.148. The molecule has 3 rings (SSSR count). The second-order valence-electron chi connectivity index (χ2n) is 7.05. The first kappa shape index (κ1) is 19.2. The van der Waals surface area contributed by atoms with Gasteiger partial charge in [-0.1, -0.05) is 18.2 Å². The van der Waals surface area contributed by atoms with Gasteiger partial charge in [-0.15, -0.1) is 0 Å². The van der Waals surface area contributed by atoms with E-state index in [1.54, 1.807) is 14.2 Å². The molecule has 5 heteroatoms. The molecule has 0 atom stereocenters. The largest absolute Gasteiger partial charge is 0.497 e. The summed E-state index contributed by atoms with van der Waals surface area (Å²) in [6, 6.07) is 13.9. The van der Waals surface area contributed by atoms with E-state index in [1.165, 1.54) is 5.56 Å². The highest BCUT2D eigenvalue weighted by Crippen LogP contribution is 2.26. The molecule has 0 saturated carbocycles. The Balaban J connectivity index is 1.61. The average molecular weight is 368 g/mol. The van der Waals surface area contributed by atoms with E-state index in [1.807, 2.05) is 47.4 Å². The molecule has 27 heavy (non-hydrogen) atoms. The van der Waals surface area contributed by atoms with E-state index in [2.05, 4.69) is 11.9 Å². The molecule has 2 aromatic rings. The van der Waals surface area contributed by atoms with E-state index >= 15 is 0 Å². The second kappa shape index (κ2) is 8.91. The molecule has 5 nitrogen and oxygen atoms in total. The van der Waals surface area contributed by atoms with Crippen molar-refractivity contribution in [1.29, 1.82) is 0 Å². The fraction of sp³-hybridized carbons (Fsp3) is 0.409. The van der Waals surface area contributed by atoms with Crippen LogP contribution in [0.25, 0.3) is 0 Å². The van der Waals surface area contributed by atoms with Crippen LogP contribution in [0.1, 0.15) is 34.3 Å². The highest BCUT2D eigenvalue weighted by Gasteiger charge is 2.19. The van der Waals surface area contributed by atoms with Crippen LogP contribution in [-0.2, 0) is 13.1 Å². The summed E-state index contributed by atoms with van der Waals surface area (Å²) in [5.74, 6) is 1.76. The predicted molar refractivity (Wildman–Crippen MR) is 106 cm³/mol. The Morgan fingerprint density at radius 2 is 1.70 bits per heavy atom. The molecule has 0 aromatic heterocycles. The summed E-state index contributed by atoms with van der Waals surface area (Å²) in [5.41, 5.74) is 3.07. The second-order valence-corrected chi connectivity index (χ2v) is 7.05. The van der Waals surface area contributed by atoms with Gasteiger partial charge in [0.1, 0.15) is 11.5 Å². The lowest BCUT2D eigenvalue weighted by Gasteiger charge is -2.19. The van der Waals surface area contributed by atoms with Gasteiger partial charge >= 0.3 is 0 Å². The quantitative estimate of drug-likeness (QED) is 0.749. The Morgan fingerprint density at radius 3 is 2.33 bits per heavy atom. The van der Waals surface area contributed by atoms with Crippen molar-refractivity contribution in [2.24, 2.45) is 0 Å². The summed E-state index contributed by atoms with van der Waals surface area (Å²) in [4.78, 5) is 16.6. The van der Waals surface area contributed by atoms with Gasteiger partial charge in [-0.05, 0) is 43.7 Å². The highest BCUT2D eigenvalue weighted by atomic mass is 16.5. The van der Waals surface area contributed by atoms with E-state index in [0.29, 0.717) is 0 Å². The SMILES string of the molecule is COc1ccc(CN(C)Cc2ccc(C(=O)N3CCCC3)cc2)c(OC)c1. The van der Waals surface area contributed by atoms with Gasteiger partial charge in [0.05, 0.1) is 14.2 Å². The van der Waals surface area contributed by atoms with Crippen LogP contribution in [-0.4, -0.2) is 50.1 Å². The lowest BCUT2D eigenvalue weighted by Crippen LogP contribution is -2.27. The van der Waals surface area contributed by atoms with Crippen LogP contribution >= 0.6 is 0 Å². The Bertz CT molecular complexity index is 768. The zero-order valence-electron chi connectivity index (χ0n) is 16.4. The first-order valence-corrected chi connectivity index (χ1v) is 9.38. The molecule has 1 saturated heterocycles. The van der Waals surface area contributed by atoms with Gasteiger partial charge in [-0.2, -0.15) is 0 Å². The molecule has 0 unspecified atom stereocenters. The Hall–Kier alpha value is -2.53. The molecule has 1 heterocycles. The van der Waals surface area contributed by atoms with Crippen molar-refractivity contribution in [3.05, 3.63) is 59.2 Å². The van der Waals surface area contributed by atoms with Crippen molar-refractivity contribution in [3.8, 4) is 11.5 Å². The Labute approximate surface area is 161 Å². The number of methoxy groups -OCH3 is 2. The standard InChI is InChI=1S/C22H28N2O3/c1-23(16-19-10-11-20(26-2)14-21(19)27-3)15-17-6-8-18(9-7-17)22(25)24-12-4-5-13-24/h6-11,14H,4-5,12-13,15-16H2,1-3H3. The van der Waals surface area contributed by atoms with Crippen molar-refractivity contribution < 1.29 is 14.3 Å². The minimum Gasteiger partial charge on any atom is -0.497 e. The van der Waals surface area contributed by atoms with Crippen molar-refractivity contribution in [2.45, 2.75) is 25.9 Å². The summed E-state index contributed by atoms with van der Waals surface area (Å²) < 4.78 is 10.7. The lowest BCUT2D eigenvalue weighted by atomic mass is 10.1. The van der Waals surface area contributed by atoms with E-state index in [0.717, 1.165) is 61.6 Å². The summed E-state index contributed by atoms with van der Waals surface area (Å²) >= 11 is 0. The van der Waals surface area contributed by atoms with Crippen LogP contribution in [0.2, 0.25) is 0 Å². The molecule has 1 aliphatic heterocycles. The topological polar surface area (TPSA) is 42.0 Å². The molecule has 2 aromatic carbocycles. The molecule has 1 aliphatic rings. The third-order valence-electron chi connectivity index (χ3n) is 4.98. The van der Waals surface area contributed by atoms with Crippen LogP contribution in [0.15, 0.2) is 42.5 Å². The number of hydrogen-bond donors (Lipinski definition) is 0. The van der Waals surface area contributed by atoms with E-state index in [-0.39, 0.29) is 5.91 Å². The maximum Gasteiger partial charge on any atom is 0.253 e. The first-order chi connectivity index (χ1) is 13.1. The highest BCUT2D eigenvalue weighted by molar-refractivity contribution is 5.94. The van der Waals surface area contributed by atoms with Crippen molar-refractivity contribution in [3.63, 3.8) is 0 Å². The number of carbonyl (C=O) groups is 1. The van der Waals surface area contributed by atoms with Gasteiger partial charge < -0.3 is 14.4 Å². The third kappa shape index (κ3) is 4.80. The minimum atomic E-state index is 0.148. The van der Waals surface area contributed by atoms with Crippen LogP contribution < -0.4 is 9.47 Å². The van der Waals surface area contributed by atoms with Gasteiger partial charge in [0, 0.05) is 43.4 Å². The van der Waals surface area contributed by atoms with Crippen LogP contribution in [0.4, 0.5) is 0 Å². The number of ether oxygens (including phenoxy) is 2. The molecule has 1 fully saturated rings. The summed E-state index contributed by atoms with van der Waals surface area (Å²) in [7, 11) is 5.40. The monoisotopic (exact) mass is 368 g/mol. The number of likely N-dealkylation sites (tertiary alicyclic amines) is 1. The fourth-order valence-electron chi connectivity index (χ4n) is 3.50. The molecular weight excluding hydrogens is 340 g/mol. The summed E-state index contributed by atoms with van der Waals surface area (Å²) in [5, 5.41) is 0. The molecule has 144 valence electrons. The number of carbonyl (C=O) groups excluding carboxylic acids is 1. The number of benzene rings is 2. The molecule has 0 bridgehead atoms. The van der Waals surface area contributed by atoms with E-state index < -0.39 is 0 Å². The zero-order chi connectivity index (χ0) is 19.2. The lowest BCUT2D eigenvalue weighted by molar-refractivity contribution is 0.0793. The Kier molecular flexibility index (Phi) is 6.35. The molecule has 0 aliphatic carbocycles. The predicted octanol–water partition coefficient (Wildman–Crippen LogP) is 3.57.